The van der Waals surface area contributed by atoms with Crippen LogP contribution in [-0.2, 0) is 9.53 Å². The minimum Gasteiger partial charge on any atom is -0.507 e. The Kier molecular flexibility index (Phi) is 3.13. The molecule has 1 aromatic rings. The summed E-state index contributed by atoms with van der Waals surface area (Å²) >= 11 is 3.31. The zero-order chi connectivity index (χ0) is 13.6. The fourth-order valence-electron chi connectivity index (χ4n) is 3.24. The van der Waals surface area contributed by atoms with Crippen molar-refractivity contribution in [1.29, 1.82) is 0 Å². The molecule has 2 aliphatic rings. The van der Waals surface area contributed by atoms with Crippen molar-refractivity contribution < 1.29 is 14.6 Å². The Bertz CT molecular complexity index is 577. The zero-order valence-corrected chi connectivity index (χ0v) is 12.2. The van der Waals surface area contributed by atoms with E-state index in [0.29, 0.717) is 17.1 Å². The molecule has 100 valence electrons. The summed E-state index contributed by atoms with van der Waals surface area (Å²) in [4.78, 5) is 12.5. The van der Waals surface area contributed by atoms with Crippen LogP contribution in [0.5, 0.6) is 5.75 Å². The van der Waals surface area contributed by atoms with Gasteiger partial charge in [0.2, 0.25) is 0 Å². The third-order valence-electron chi connectivity index (χ3n) is 4.12. The number of hydrogen-bond acceptors (Lipinski definition) is 3. The summed E-state index contributed by atoms with van der Waals surface area (Å²) in [6, 6.07) is 5.22. The van der Waals surface area contributed by atoms with E-state index < -0.39 is 0 Å². The highest BCUT2D eigenvalue weighted by atomic mass is 79.9. The van der Waals surface area contributed by atoms with Crippen molar-refractivity contribution >= 4 is 27.3 Å². The van der Waals surface area contributed by atoms with Crippen LogP contribution in [-0.4, -0.2) is 18.0 Å². The summed E-state index contributed by atoms with van der Waals surface area (Å²) in [6.07, 6.45) is 2.82. The first-order chi connectivity index (χ1) is 9.11. The highest BCUT2D eigenvalue weighted by molar-refractivity contribution is 9.10. The number of phenolic OH excluding ortho intramolecular Hbond substituents is 1. The summed E-state index contributed by atoms with van der Waals surface area (Å²) < 4.78 is 6.27. The van der Waals surface area contributed by atoms with Crippen molar-refractivity contribution in [2.45, 2.75) is 19.3 Å². The molecule has 1 aromatic carbocycles. The summed E-state index contributed by atoms with van der Waals surface area (Å²) in [6.45, 7) is 0. The maximum Gasteiger partial charge on any atom is 0.170 e. The third kappa shape index (κ3) is 1.98. The number of aromatic hydroxyl groups is 1. The first-order valence-corrected chi connectivity index (χ1v) is 7.22. The van der Waals surface area contributed by atoms with Gasteiger partial charge in [0.15, 0.2) is 5.78 Å². The van der Waals surface area contributed by atoms with Crippen molar-refractivity contribution in [2.24, 2.45) is 11.8 Å². The maximum atomic E-state index is 12.5. The van der Waals surface area contributed by atoms with Crippen LogP contribution in [0.2, 0.25) is 0 Å². The number of phenols is 1. The average molecular weight is 323 g/mol. The molecular weight excluding hydrogens is 308 g/mol. The Hall–Kier alpha value is -1.29. The molecule has 0 heterocycles. The number of carbonyl (C=O) groups excluding carboxylic acids is 1. The van der Waals surface area contributed by atoms with Gasteiger partial charge in [-0.05, 0) is 37.5 Å². The fourth-order valence-corrected chi connectivity index (χ4v) is 3.59. The smallest absolute Gasteiger partial charge is 0.170 e. The molecule has 1 fully saturated rings. The Morgan fingerprint density at radius 1 is 1.32 bits per heavy atom. The van der Waals surface area contributed by atoms with E-state index in [1.165, 1.54) is 0 Å². The van der Waals surface area contributed by atoms with Crippen molar-refractivity contribution in [1.82, 2.24) is 0 Å². The van der Waals surface area contributed by atoms with Gasteiger partial charge in [-0.25, -0.2) is 0 Å². The van der Waals surface area contributed by atoms with Gasteiger partial charge in [0, 0.05) is 21.9 Å². The van der Waals surface area contributed by atoms with Crippen LogP contribution >= 0.6 is 15.9 Å². The van der Waals surface area contributed by atoms with Crippen molar-refractivity contribution in [2.75, 3.05) is 7.11 Å². The third-order valence-corrected chi connectivity index (χ3v) is 4.61. The number of Topliss-reactive ketones (excluding diaryl/α,β-unsaturated/α-hetero) is 1. The van der Waals surface area contributed by atoms with Gasteiger partial charge in [-0.3, -0.25) is 4.79 Å². The lowest BCUT2D eigenvalue weighted by Crippen LogP contribution is -2.22. The molecular formula is C15H15BrO3. The molecule has 2 bridgehead atoms. The summed E-state index contributed by atoms with van der Waals surface area (Å²) in [5.41, 5.74) is 1.16. The molecule has 3 rings (SSSR count). The van der Waals surface area contributed by atoms with Crippen LogP contribution in [0.4, 0.5) is 0 Å². The molecule has 3 nitrogen and oxygen atoms in total. The first-order valence-electron chi connectivity index (χ1n) is 6.43. The molecule has 2 aliphatic carbocycles. The van der Waals surface area contributed by atoms with Gasteiger partial charge in [0.1, 0.15) is 11.5 Å². The number of fused-ring (bicyclic) bond motifs is 2. The SMILES string of the molecule is COC1=C(c2ccc(Br)cc2O)C(=O)C2CCC1C2. The van der Waals surface area contributed by atoms with Crippen molar-refractivity contribution in [3.63, 3.8) is 0 Å². The van der Waals surface area contributed by atoms with E-state index in [1.807, 2.05) is 6.07 Å². The number of benzene rings is 1. The molecule has 0 spiro atoms. The molecule has 0 aromatic heterocycles. The molecule has 2 atom stereocenters. The summed E-state index contributed by atoms with van der Waals surface area (Å²) in [5.74, 6) is 1.40. The van der Waals surface area contributed by atoms with E-state index in [-0.39, 0.29) is 17.5 Å². The number of allylic oxidation sites excluding steroid dienone is 2. The lowest BCUT2D eigenvalue weighted by atomic mass is 9.83. The second-order valence-electron chi connectivity index (χ2n) is 5.18. The zero-order valence-electron chi connectivity index (χ0n) is 10.6. The molecule has 0 saturated heterocycles. The first kappa shape index (κ1) is 12.7. The molecule has 0 radical (unpaired) electrons. The Morgan fingerprint density at radius 3 is 2.74 bits per heavy atom. The van der Waals surface area contributed by atoms with Gasteiger partial charge < -0.3 is 9.84 Å². The Balaban J connectivity index is 2.17. The lowest BCUT2D eigenvalue weighted by Gasteiger charge is -2.24. The molecule has 0 aliphatic heterocycles. The van der Waals surface area contributed by atoms with E-state index in [9.17, 15) is 9.90 Å². The van der Waals surface area contributed by atoms with E-state index in [4.69, 9.17) is 4.74 Å². The second-order valence-corrected chi connectivity index (χ2v) is 6.09. The van der Waals surface area contributed by atoms with Gasteiger partial charge in [0.25, 0.3) is 0 Å². The lowest BCUT2D eigenvalue weighted by molar-refractivity contribution is -0.117. The number of ketones is 1. The number of hydrogen-bond donors (Lipinski definition) is 1. The number of carbonyl (C=O) groups is 1. The second kappa shape index (κ2) is 4.67. The topological polar surface area (TPSA) is 46.5 Å². The number of ether oxygens (including phenoxy) is 1. The van der Waals surface area contributed by atoms with Crippen LogP contribution in [0, 0.1) is 11.8 Å². The van der Waals surface area contributed by atoms with Crippen LogP contribution in [0.15, 0.2) is 28.4 Å². The van der Waals surface area contributed by atoms with E-state index >= 15 is 0 Å². The molecule has 2 unspecified atom stereocenters. The van der Waals surface area contributed by atoms with Gasteiger partial charge in [-0.1, -0.05) is 15.9 Å². The van der Waals surface area contributed by atoms with Crippen molar-refractivity contribution in [3.8, 4) is 5.75 Å². The quantitative estimate of drug-likeness (QED) is 0.906. The fraction of sp³-hybridized carbons (Fsp3) is 0.400. The van der Waals surface area contributed by atoms with Gasteiger partial charge in [-0.2, -0.15) is 0 Å². The van der Waals surface area contributed by atoms with Gasteiger partial charge in [0.05, 0.1) is 12.7 Å². The average Bonchev–Trinajstić information content (AvgIpc) is 2.81. The predicted molar refractivity (Wildman–Crippen MR) is 75.6 cm³/mol. The van der Waals surface area contributed by atoms with Crippen LogP contribution in [0.1, 0.15) is 24.8 Å². The minimum atomic E-state index is 0.0990. The highest BCUT2D eigenvalue weighted by Gasteiger charge is 2.42. The Morgan fingerprint density at radius 2 is 2.05 bits per heavy atom. The maximum absolute atomic E-state index is 12.5. The standard InChI is InChI=1S/C15H15BrO3/c1-19-15-9-3-2-8(6-9)14(18)13(15)11-5-4-10(16)7-12(11)17/h4-5,7-9,17H,2-3,6H2,1H3. The van der Waals surface area contributed by atoms with Crippen LogP contribution < -0.4 is 0 Å². The minimum absolute atomic E-state index is 0.0990. The monoisotopic (exact) mass is 322 g/mol. The Labute approximate surface area is 120 Å². The molecule has 4 heteroatoms. The predicted octanol–water partition coefficient (Wildman–Crippen LogP) is 3.51. The van der Waals surface area contributed by atoms with Gasteiger partial charge >= 0.3 is 0 Å². The molecule has 1 N–H and O–H groups in total. The van der Waals surface area contributed by atoms with Crippen molar-refractivity contribution in [3.05, 3.63) is 34.0 Å². The highest BCUT2D eigenvalue weighted by Crippen LogP contribution is 2.47. The number of rotatable bonds is 2. The number of methoxy groups -OCH3 is 1. The van der Waals surface area contributed by atoms with Crippen LogP contribution in [0.25, 0.3) is 5.57 Å². The normalized spacial score (nSPS) is 25.9. The summed E-state index contributed by atoms with van der Waals surface area (Å²) in [5, 5.41) is 10.1. The largest absolute Gasteiger partial charge is 0.507 e. The van der Waals surface area contributed by atoms with E-state index in [2.05, 4.69) is 15.9 Å². The molecule has 19 heavy (non-hydrogen) atoms. The van der Waals surface area contributed by atoms with Crippen LogP contribution in [0.3, 0.4) is 0 Å². The molecule has 0 amide bonds. The van der Waals surface area contributed by atoms with E-state index in [0.717, 1.165) is 29.5 Å². The van der Waals surface area contributed by atoms with Gasteiger partial charge in [-0.15, -0.1) is 0 Å². The van der Waals surface area contributed by atoms with E-state index in [1.54, 1.807) is 19.2 Å². The molecule has 1 saturated carbocycles. The number of halogens is 1. The summed E-state index contributed by atoms with van der Waals surface area (Å²) in [7, 11) is 1.61.